The van der Waals surface area contributed by atoms with Crippen LogP contribution in [0.15, 0.2) is 4.99 Å². The number of sulfone groups is 1. The van der Waals surface area contributed by atoms with Crippen LogP contribution in [-0.4, -0.2) is 46.5 Å². The molecular formula is C17H33N3O2S. The summed E-state index contributed by atoms with van der Waals surface area (Å²) < 4.78 is 23.1. The van der Waals surface area contributed by atoms with Crippen molar-refractivity contribution in [1.29, 1.82) is 0 Å². The van der Waals surface area contributed by atoms with Gasteiger partial charge in [0.15, 0.2) is 5.96 Å². The molecule has 6 heteroatoms. The average molecular weight is 344 g/mol. The molecule has 0 aromatic carbocycles. The van der Waals surface area contributed by atoms with Gasteiger partial charge >= 0.3 is 0 Å². The van der Waals surface area contributed by atoms with Gasteiger partial charge in [-0.1, -0.05) is 20.3 Å². The van der Waals surface area contributed by atoms with E-state index in [2.05, 4.69) is 29.5 Å². The minimum atomic E-state index is -2.92. The normalized spacial score (nSPS) is 22.6. The number of nitrogens with zero attached hydrogens (tertiary/aromatic N) is 1. The molecule has 0 aromatic rings. The smallest absolute Gasteiger partial charge is 0.191 e. The molecule has 134 valence electrons. The Morgan fingerprint density at radius 3 is 2.00 bits per heavy atom. The van der Waals surface area contributed by atoms with Crippen molar-refractivity contribution >= 4 is 15.8 Å². The van der Waals surface area contributed by atoms with Gasteiger partial charge in [0.25, 0.3) is 0 Å². The Labute approximate surface area is 141 Å². The quantitative estimate of drug-likeness (QED) is 0.523. The van der Waals surface area contributed by atoms with Crippen molar-refractivity contribution in [2.24, 2.45) is 21.7 Å². The lowest BCUT2D eigenvalue weighted by molar-refractivity contribution is 0.104. The van der Waals surface area contributed by atoms with Crippen molar-refractivity contribution in [2.45, 2.75) is 52.4 Å². The van der Waals surface area contributed by atoms with E-state index in [1.54, 1.807) is 7.05 Å². The van der Waals surface area contributed by atoms with Gasteiger partial charge in [-0.05, 0) is 43.4 Å². The van der Waals surface area contributed by atoms with Crippen LogP contribution in [0, 0.1) is 16.7 Å². The molecule has 2 fully saturated rings. The summed E-state index contributed by atoms with van der Waals surface area (Å²) in [5.74, 6) is 1.80. The van der Waals surface area contributed by atoms with E-state index in [4.69, 9.17) is 0 Å². The Morgan fingerprint density at radius 1 is 1.09 bits per heavy atom. The second kappa shape index (κ2) is 6.99. The summed E-state index contributed by atoms with van der Waals surface area (Å²) in [4.78, 5) is 4.30. The molecule has 0 aromatic heterocycles. The summed E-state index contributed by atoms with van der Waals surface area (Å²) in [7, 11) is -1.14. The van der Waals surface area contributed by atoms with Crippen molar-refractivity contribution in [1.82, 2.24) is 10.6 Å². The number of hydrogen-bond donors (Lipinski definition) is 2. The first-order valence-corrected chi connectivity index (χ1v) is 10.9. The van der Waals surface area contributed by atoms with Crippen LogP contribution in [0.3, 0.4) is 0 Å². The van der Waals surface area contributed by atoms with E-state index in [0.29, 0.717) is 12.0 Å². The predicted octanol–water partition coefficient (Wildman–Crippen LogP) is 2.19. The van der Waals surface area contributed by atoms with Gasteiger partial charge in [0.2, 0.25) is 0 Å². The van der Waals surface area contributed by atoms with Gasteiger partial charge in [-0.15, -0.1) is 0 Å². The maximum Gasteiger partial charge on any atom is 0.191 e. The monoisotopic (exact) mass is 343 g/mol. The Kier molecular flexibility index (Phi) is 5.64. The Balaban J connectivity index is 1.80. The van der Waals surface area contributed by atoms with E-state index in [-0.39, 0.29) is 11.2 Å². The van der Waals surface area contributed by atoms with Gasteiger partial charge in [-0.2, -0.15) is 0 Å². The van der Waals surface area contributed by atoms with Gasteiger partial charge in [0, 0.05) is 31.8 Å². The molecule has 2 aliphatic carbocycles. The molecular weight excluding hydrogens is 310 g/mol. The van der Waals surface area contributed by atoms with Crippen molar-refractivity contribution in [3.8, 4) is 0 Å². The van der Waals surface area contributed by atoms with E-state index in [0.717, 1.165) is 31.3 Å². The van der Waals surface area contributed by atoms with Crippen LogP contribution in [0.2, 0.25) is 0 Å². The first kappa shape index (κ1) is 18.6. The molecule has 23 heavy (non-hydrogen) atoms. The largest absolute Gasteiger partial charge is 0.356 e. The topological polar surface area (TPSA) is 70.6 Å². The fourth-order valence-electron chi connectivity index (χ4n) is 3.86. The van der Waals surface area contributed by atoms with Crippen molar-refractivity contribution in [3.63, 3.8) is 0 Å². The zero-order valence-electron chi connectivity index (χ0n) is 15.1. The molecule has 0 radical (unpaired) electrons. The average Bonchev–Trinajstić information content (AvgIpc) is 3.12. The van der Waals surface area contributed by atoms with Gasteiger partial charge in [0.05, 0.1) is 5.75 Å². The van der Waals surface area contributed by atoms with E-state index >= 15 is 0 Å². The molecule has 0 amide bonds. The lowest BCUT2D eigenvalue weighted by atomic mass is 9.64. The molecule has 0 heterocycles. The maximum absolute atomic E-state index is 11.5. The lowest BCUT2D eigenvalue weighted by Crippen LogP contribution is -2.48. The summed E-state index contributed by atoms with van der Waals surface area (Å²) >= 11 is 0. The summed E-state index contributed by atoms with van der Waals surface area (Å²) in [6.45, 7) is 6.23. The van der Waals surface area contributed by atoms with Gasteiger partial charge in [0.1, 0.15) is 9.84 Å². The fourth-order valence-corrected chi connectivity index (χ4v) is 5.37. The van der Waals surface area contributed by atoms with Crippen LogP contribution in [-0.2, 0) is 9.84 Å². The molecule has 0 unspecified atom stereocenters. The second-order valence-corrected chi connectivity index (χ2v) is 10.4. The van der Waals surface area contributed by atoms with Crippen LogP contribution in [0.25, 0.3) is 0 Å². The van der Waals surface area contributed by atoms with Crippen LogP contribution >= 0.6 is 0 Å². The summed E-state index contributed by atoms with van der Waals surface area (Å²) in [6, 6.07) is 0. The number of rotatable bonds is 8. The highest BCUT2D eigenvalue weighted by Gasteiger charge is 2.45. The highest BCUT2D eigenvalue weighted by Crippen LogP contribution is 2.46. The van der Waals surface area contributed by atoms with E-state index in [9.17, 15) is 8.42 Å². The van der Waals surface area contributed by atoms with E-state index in [1.165, 1.54) is 31.9 Å². The molecule has 0 saturated heterocycles. The molecule has 2 saturated carbocycles. The van der Waals surface area contributed by atoms with Gasteiger partial charge in [-0.3, -0.25) is 4.99 Å². The number of nitrogens with one attached hydrogen (secondary N) is 2. The molecule has 0 atom stereocenters. The Hall–Kier alpha value is -0.780. The standard InChI is InChI=1S/C17H33N3O2S/c1-14(2)10-16(6-5-7-16)11-19-15(18-3)20-12-17(8-9-17)13-23(4,21)22/h14H,5-13H2,1-4H3,(H2,18,19,20). The molecule has 5 nitrogen and oxygen atoms in total. The molecule has 0 bridgehead atoms. The van der Waals surface area contributed by atoms with Crippen LogP contribution < -0.4 is 10.6 Å². The molecule has 2 aliphatic rings. The number of guanidine groups is 1. The van der Waals surface area contributed by atoms with Gasteiger partial charge in [-0.25, -0.2) is 8.42 Å². The second-order valence-electron chi connectivity index (χ2n) is 8.30. The van der Waals surface area contributed by atoms with Crippen LogP contribution in [0.1, 0.15) is 52.4 Å². The third kappa shape index (κ3) is 5.66. The van der Waals surface area contributed by atoms with E-state index in [1.807, 2.05) is 0 Å². The zero-order chi connectivity index (χ0) is 17.1. The minimum absolute atomic E-state index is 0.0721. The molecule has 2 rings (SSSR count). The molecule has 0 spiro atoms. The van der Waals surface area contributed by atoms with Crippen LogP contribution in [0.4, 0.5) is 0 Å². The van der Waals surface area contributed by atoms with Crippen molar-refractivity contribution in [3.05, 3.63) is 0 Å². The van der Waals surface area contributed by atoms with E-state index < -0.39 is 9.84 Å². The zero-order valence-corrected chi connectivity index (χ0v) is 15.9. The predicted molar refractivity (Wildman–Crippen MR) is 96.5 cm³/mol. The summed E-state index contributed by atoms with van der Waals surface area (Å²) in [5.41, 5.74) is 0.354. The van der Waals surface area contributed by atoms with Crippen molar-refractivity contribution in [2.75, 3.05) is 32.1 Å². The highest BCUT2D eigenvalue weighted by molar-refractivity contribution is 7.90. The lowest BCUT2D eigenvalue weighted by Gasteiger charge is -2.43. The number of aliphatic imine (C=N–C) groups is 1. The first-order chi connectivity index (χ1) is 10.7. The first-order valence-electron chi connectivity index (χ1n) is 8.80. The molecule has 0 aliphatic heterocycles. The molecule has 2 N–H and O–H groups in total. The third-order valence-corrected chi connectivity index (χ3v) is 6.40. The third-order valence-electron chi connectivity index (χ3n) is 5.27. The maximum atomic E-state index is 11.5. The fraction of sp³-hybridized carbons (Fsp3) is 0.941. The summed E-state index contributed by atoms with van der Waals surface area (Å²) in [5, 5.41) is 6.81. The van der Waals surface area contributed by atoms with Gasteiger partial charge < -0.3 is 10.6 Å². The minimum Gasteiger partial charge on any atom is -0.356 e. The van der Waals surface area contributed by atoms with Crippen molar-refractivity contribution < 1.29 is 8.42 Å². The Bertz CT molecular complexity index is 532. The Morgan fingerprint density at radius 2 is 1.65 bits per heavy atom. The SMILES string of the molecule is CN=C(NCC1(CC(C)C)CCC1)NCC1(CS(C)(=O)=O)CC1. The summed E-state index contributed by atoms with van der Waals surface area (Å²) in [6.07, 6.45) is 8.49. The van der Waals surface area contributed by atoms with Crippen LogP contribution in [0.5, 0.6) is 0 Å². The number of hydrogen-bond acceptors (Lipinski definition) is 3. The highest BCUT2D eigenvalue weighted by atomic mass is 32.2.